The Balaban J connectivity index is 1.82. The van der Waals surface area contributed by atoms with E-state index in [4.69, 9.17) is 16.2 Å². The van der Waals surface area contributed by atoms with Gasteiger partial charge in [0.05, 0.1) is 17.8 Å². The second kappa shape index (κ2) is 8.45. The van der Waals surface area contributed by atoms with Crippen molar-refractivity contribution in [3.63, 3.8) is 0 Å². The molecule has 1 unspecified atom stereocenters. The molecule has 0 aliphatic carbocycles. The number of nitrogens with one attached hydrogen (secondary N) is 1. The molecule has 13 nitrogen and oxygen atoms in total. The van der Waals surface area contributed by atoms with E-state index in [-0.39, 0.29) is 24.6 Å². The molecule has 0 saturated carbocycles. The topological polar surface area (TPSA) is 207 Å². The van der Waals surface area contributed by atoms with Crippen molar-refractivity contribution in [3.05, 3.63) is 35.7 Å². The van der Waals surface area contributed by atoms with Gasteiger partial charge in [0.25, 0.3) is 5.91 Å². The highest BCUT2D eigenvalue weighted by atomic mass is 32.2. The molecule has 2 fully saturated rings. The van der Waals surface area contributed by atoms with Crippen LogP contribution in [-0.2, 0) is 24.2 Å². The second-order valence-electron chi connectivity index (χ2n) is 7.33. The van der Waals surface area contributed by atoms with Gasteiger partial charge >= 0.3 is 12.1 Å². The van der Waals surface area contributed by atoms with E-state index >= 15 is 0 Å². The van der Waals surface area contributed by atoms with Crippen molar-refractivity contribution in [1.82, 2.24) is 15.2 Å². The van der Waals surface area contributed by atoms with E-state index in [0.717, 1.165) is 11.8 Å². The first-order valence-electron chi connectivity index (χ1n) is 9.38. The van der Waals surface area contributed by atoms with Crippen molar-refractivity contribution in [2.75, 3.05) is 19.7 Å². The van der Waals surface area contributed by atoms with Crippen molar-refractivity contribution >= 4 is 39.8 Å². The Hall–Kier alpha value is -3.68. The zero-order valence-electron chi connectivity index (χ0n) is 17.0. The van der Waals surface area contributed by atoms with Gasteiger partial charge in [-0.05, 0) is 25.1 Å². The van der Waals surface area contributed by atoms with E-state index in [9.17, 15) is 27.9 Å². The first-order chi connectivity index (χ1) is 15.0. The highest BCUT2D eigenvalue weighted by molar-refractivity contribution is 7.94. The lowest BCUT2D eigenvalue weighted by Crippen LogP contribution is -2.59. The smallest absolute Gasteiger partial charge is 0.407 e. The summed E-state index contributed by atoms with van der Waals surface area (Å²) in [6.45, 7) is 0.429. The molecule has 0 aromatic carbocycles. The predicted octanol–water partition coefficient (Wildman–Crippen LogP) is -1.73. The average Bonchev–Trinajstić information content (AvgIpc) is 2.90. The van der Waals surface area contributed by atoms with Crippen LogP contribution in [0.25, 0.3) is 6.08 Å². The number of β-lactam (4-membered cyclic amide) rings is 1. The van der Waals surface area contributed by atoms with Gasteiger partial charge in [-0.1, -0.05) is 6.07 Å². The number of hydrogen-bond donors (Lipinski definition) is 4. The minimum atomic E-state index is -4.29. The number of hydrogen-bond acceptors (Lipinski definition) is 8. The quantitative estimate of drug-likeness (QED) is 0.117. The van der Waals surface area contributed by atoms with Crippen LogP contribution in [0.4, 0.5) is 4.79 Å². The number of carbonyl (C=O) groups excluding carboxylic acids is 2. The number of fused-ring (bicyclic) bond motifs is 1. The van der Waals surface area contributed by atoms with Crippen LogP contribution < -0.4 is 16.8 Å². The summed E-state index contributed by atoms with van der Waals surface area (Å²) in [4.78, 5) is 45.0. The predicted molar refractivity (Wildman–Crippen MR) is 112 cm³/mol. The minimum absolute atomic E-state index is 0.00670. The summed E-state index contributed by atoms with van der Waals surface area (Å²) >= 11 is 0. The molecule has 3 atom stereocenters. The van der Waals surface area contributed by atoms with Gasteiger partial charge in [-0.3, -0.25) is 14.8 Å². The molecule has 2 saturated heterocycles. The third-order valence-electron chi connectivity index (χ3n) is 5.19. The molecule has 3 rings (SSSR count). The number of guanidine groups is 1. The molecule has 6 N–H and O–H groups in total. The number of pyridine rings is 1. The second-order valence-corrected chi connectivity index (χ2v) is 9.80. The lowest BCUT2D eigenvalue weighted by atomic mass is 9.94. The Bertz CT molecular complexity index is 1100. The number of alkyl carbamates (subject to hydrolysis) is 1. The number of nitrogens with two attached hydrogens (primary N) is 2. The van der Waals surface area contributed by atoms with Crippen LogP contribution in [0.1, 0.15) is 12.6 Å². The first kappa shape index (κ1) is 23.0. The number of nitrogens with zero attached hydrogens (tertiary/aromatic N) is 3. The van der Waals surface area contributed by atoms with Crippen LogP contribution in [0.3, 0.4) is 0 Å². The van der Waals surface area contributed by atoms with Gasteiger partial charge in [0.15, 0.2) is 27.2 Å². The molecule has 0 radical (unpaired) electrons. The third kappa shape index (κ3) is 3.84. The van der Waals surface area contributed by atoms with E-state index in [1.807, 2.05) is 0 Å². The maximum atomic E-state index is 13.3. The van der Waals surface area contributed by atoms with Gasteiger partial charge in [0.2, 0.25) is 0 Å². The summed E-state index contributed by atoms with van der Waals surface area (Å²) in [5.74, 6) is -2.43. The Morgan fingerprint density at radius 1 is 1.41 bits per heavy atom. The molecule has 1 aromatic heterocycles. The maximum Gasteiger partial charge on any atom is 0.407 e. The number of carboxylic acids is 1. The van der Waals surface area contributed by atoms with Crippen molar-refractivity contribution in [3.8, 4) is 0 Å². The standard InChI is InChI=1S/C18H22N6O7S/c1-18(9-31-17(28)23-7-6-22-16(19)20)12(15(26)27)24-13(25)11(14(24)32(18,29)30)8-10-4-2-3-5-21-10/h2-5,8,12,14H,6-7,9H2,1H3,(H,23,28)(H,26,27)(H4,19,20,22)/b11-8-/t12-,14+,18?/m0/s1. The number of aliphatic imine (C=N–C) groups is 1. The third-order valence-corrected chi connectivity index (χ3v) is 7.90. The molecule has 1 aromatic rings. The SMILES string of the molecule is CC1(COC(=O)NCCN=C(N)N)[C@H](C(=O)O)N2C(=O)/C(=C/c3ccccn3)[C@H]2S1(=O)=O. The first-order valence-corrected chi connectivity index (χ1v) is 10.9. The van der Waals surface area contributed by atoms with Gasteiger partial charge in [0, 0.05) is 12.7 Å². The maximum absolute atomic E-state index is 13.3. The molecule has 2 aliphatic rings. The normalized spacial score (nSPS) is 26.7. The Morgan fingerprint density at radius 2 is 2.12 bits per heavy atom. The van der Waals surface area contributed by atoms with Crippen LogP contribution in [0.15, 0.2) is 35.0 Å². The summed E-state index contributed by atoms with van der Waals surface area (Å²) in [6, 6.07) is 3.15. The van der Waals surface area contributed by atoms with Crippen molar-refractivity contribution in [1.29, 1.82) is 0 Å². The number of carboxylic acid groups (broad SMARTS) is 1. The van der Waals surface area contributed by atoms with E-state index in [0.29, 0.717) is 5.69 Å². The number of ether oxygens (including phenoxy) is 1. The number of aromatic nitrogens is 1. The summed E-state index contributed by atoms with van der Waals surface area (Å²) in [5.41, 5.74) is 10.6. The number of amides is 2. The molecule has 0 spiro atoms. The molecule has 0 bridgehead atoms. The van der Waals surface area contributed by atoms with Crippen LogP contribution >= 0.6 is 0 Å². The van der Waals surface area contributed by atoms with Crippen LogP contribution in [0.5, 0.6) is 0 Å². The van der Waals surface area contributed by atoms with Gasteiger partial charge in [-0.15, -0.1) is 0 Å². The molecule has 3 heterocycles. The fourth-order valence-electron chi connectivity index (χ4n) is 3.62. The van der Waals surface area contributed by atoms with Gasteiger partial charge < -0.3 is 31.5 Å². The summed E-state index contributed by atoms with van der Waals surface area (Å²) in [5, 5.41) is 10.5. The molecule has 14 heteroatoms. The summed E-state index contributed by atoms with van der Waals surface area (Å²) < 4.78 is 29.5. The van der Waals surface area contributed by atoms with Gasteiger partial charge in [-0.2, -0.15) is 0 Å². The Morgan fingerprint density at radius 3 is 2.72 bits per heavy atom. The zero-order chi connectivity index (χ0) is 23.7. The van der Waals surface area contributed by atoms with Crippen LogP contribution in [0.2, 0.25) is 0 Å². The Labute approximate surface area is 183 Å². The lowest BCUT2D eigenvalue weighted by molar-refractivity contribution is -0.153. The van der Waals surface area contributed by atoms with Crippen molar-refractivity contribution < 1.29 is 32.6 Å². The monoisotopic (exact) mass is 466 g/mol. The fraction of sp³-hybridized carbons (Fsp3) is 0.389. The highest BCUT2D eigenvalue weighted by Crippen LogP contribution is 2.49. The van der Waals surface area contributed by atoms with E-state index in [2.05, 4.69) is 15.3 Å². The number of rotatable bonds is 7. The molecule has 172 valence electrons. The fourth-order valence-corrected chi connectivity index (χ4v) is 5.90. The molecule has 32 heavy (non-hydrogen) atoms. The molecule has 2 amide bonds. The Kier molecular flexibility index (Phi) is 6.07. The van der Waals surface area contributed by atoms with Crippen molar-refractivity contribution in [2.45, 2.75) is 23.1 Å². The highest BCUT2D eigenvalue weighted by Gasteiger charge is 2.72. The minimum Gasteiger partial charge on any atom is -0.480 e. The molecular formula is C18H22N6O7S. The van der Waals surface area contributed by atoms with Crippen molar-refractivity contribution in [2.24, 2.45) is 16.5 Å². The molecular weight excluding hydrogens is 444 g/mol. The summed E-state index contributed by atoms with van der Waals surface area (Å²) in [6.07, 6.45) is 1.80. The van der Waals surface area contributed by atoms with Gasteiger partial charge in [-0.25, -0.2) is 18.0 Å². The lowest BCUT2D eigenvalue weighted by Gasteiger charge is -2.37. The largest absolute Gasteiger partial charge is 0.480 e. The van der Waals surface area contributed by atoms with Crippen LogP contribution in [-0.4, -0.2) is 83.2 Å². The van der Waals surface area contributed by atoms with E-state index in [1.165, 1.54) is 12.3 Å². The number of aliphatic carboxylic acids is 1. The van der Waals surface area contributed by atoms with E-state index in [1.54, 1.807) is 18.2 Å². The molecule has 2 aliphatic heterocycles. The van der Waals surface area contributed by atoms with E-state index < -0.39 is 50.6 Å². The average molecular weight is 466 g/mol. The zero-order valence-corrected chi connectivity index (χ0v) is 17.8. The number of carbonyl (C=O) groups is 3. The van der Waals surface area contributed by atoms with Gasteiger partial charge in [0.1, 0.15) is 11.4 Å². The number of sulfone groups is 1. The van der Waals surface area contributed by atoms with Crippen LogP contribution in [0, 0.1) is 0 Å². The summed E-state index contributed by atoms with van der Waals surface area (Å²) in [7, 11) is -4.29.